The molecule has 1 amide bonds. The van der Waals surface area contributed by atoms with E-state index in [1.54, 1.807) is 0 Å². The highest BCUT2D eigenvalue weighted by Gasteiger charge is 2.00. The second-order valence-electron chi connectivity index (χ2n) is 3.22. The second-order valence-corrected chi connectivity index (χ2v) is 3.22. The number of amides is 1. The molecule has 15 heavy (non-hydrogen) atoms. The van der Waals surface area contributed by atoms with Crippen molar-refractivity contribution in [3.63, 3.8) is 0 Å². The van der Waals surface area contributed by atoms with Gasteiger partial charge in [0.2, 0.25) is 5.91 Å². The van der Waals surface area contributed by atoms with Crippen LogP contribution in [0.5, 0.6) is 0 Å². The molecule has 0 aromatic heterocycles. The molecule has 0 aliphatic rings. The summed E-state index contributed by atoms with van der Waals surface area (Å²) < 4.78 is 0. The molecule has 0 fully saturated rings. The van der Waals surface area contributed by atoms with Gasteiger partial charge in [-0.3, -0.25) is 4.79 Å². The zero-order chi connectivity index (χ0) is 11.1. The quantitative estimate of drug-likeness (QED) is 0.636. The summed E-state index contributed by atoms with van der Waals surface area (Å²) in [6.07, 6.45) is 0.460. The fraction of sp³-hybridized carbons (Fsp3) is 0.364. The van der Waals surface area contributed by atoms with E-state index in [4.69, 9.17) is 5.73 Å². The fourth-order valence-corrected chi connectivity index (χ4v) is 1.25. The van der Waals surface area contributed by atoms with Crippen LogP contribution in [-0.2, 0) is 4.79 Å². The van der Waals surface area contributed by atoms with Crippen molar-refractivity contribution < 1.29 is 4.79 Å². The van der Waals surface area contributed by atoms with Crippen LogP contribution in [0.4, 0.5) is 11.4 Å². The molecule has 82 valence electrons. The first-order valence-electron chi connectivity index (χ1n) is 5.09. The molecular weight excluding hydrogens is 190 g/mol. The number of para-hydroxylation sites is 2. The number of carbonyl (C=O) groups is 1. The van der Waals surface area contributed by atoms with Gasteiger partial charge in [0.1, 0.15) is 0 Å². The number of rotatable bonds is 5. The smallest absolute Gasteiger partial charge is 0.221 e. The second kappa shape index (κ2) is 5.90. The van der Waals surface area contributed by atoms with Crippen molar-refractivity contribution in [2.24, 2.45) is 0 Å². The summed E-state index contributed by atoms with van der Waals surface area (Å²) in [5.74, 6) is 0.0551. The molecule has 0 bridgehead atoms. The van der Waals surface area contributed by atoms with E-state index in [0.717, 1.165) is 5.69 Å². The molecule has 0 aliphatic carbocycles. The number of hydrogen-bond donors (Lipinski definition) is 3. The molecule has 0 saturated heterocycles. The summed E-state index contributed by atoms with van der Waals surface area (Å²) in [5.41, 5.74) is 7.31. The van der Waals surface area contributed by atoms with Crippen LogP contribution in [0.15, 0.2) is 24.3 Å². The topological polar surface area (TPSA) is 67.2 Å². The lowest BCUT2D eigenvalue weighted by molar-refractivity contribution is -0.120. The van der Waals surface area contributed by atoms with E-state index < -0.39 is 0 Å². The molecule has 1 aromatic carbocycles. The number of anilines is 2. The Labute approximate surface area is 89.9 Å². The van der Waals surface area contributed by atoms with Crippen molar-refractivity contribution in [3.8, 4) is 0 Å². The molecule has 1 rings (SSSR count). The third-order valence-electron chi connectivity index (χ3n) is 2.00. The largest absolute Gasteiger partial charge is 0.397 e. The van der Waals surface area contributed by atoms with Gasteiger partial charge in [-0.1, -0.05) is 12.1 Å². The minimum Gasteiger partial charge on any atom is -0.397 e. The number of carbonyl (C=O) groups excluding carboxylic acids is 1. The molecule has 0 unspecified atom stereocenters. The van der Waals surface area contributed by atoms with Gasteiger partial charge < -0.3 is 16.4 Å². The predicted octanol–water partition coefficient (Wildman–Crippen LogP) is 1.21. The lowest BCUT2D eigenvalue weighted by atomic mass is 10.2. The lowest BCUT2D eigenvalue weighted by Gasteiger charge is -2.08. The number of benzene rings is 1. The van der Waals surface area contributed by atoms with Crippen LogP contribution in [0.3, 0.4) is 0 Å². The summed E-state index contributed by atoms with van der Waals surface area (Å²) in [4.78, 5) is 11.1. The van der Waals surface area contributed by atoms with Gasteiger partial charge in [0, 0.05) is 19.5 Å². The lowest BCUT2D eigenvalue weighted by Crippen LogP contribution is -2.24. The number of nitrogens with two attached hydrogens (primary N) is 1. The van der Waals surface area contributed by atoms with Gasteiger partial charge in [-0.2, -0.15) is 0 Å². The van der Waals surface area contributed by atoms with Crippen LogP contribution in [0, 0.1) is 0 Å². The monoisotopic (exact) mass is 207 g/mol. The van der Waals surface area contributed by atoms with Crippen molar-refractivity contribution in [3.05, 3.63) is 24.3 Å². The molecule has 0 heterocycles. The fourth-order valence-electron chi connectivity index (χ4n) is 1.25. The highest BCUT2D eigenvalue weighted by atomic mass is 16.1. The maximum Gasteiger partial charge on any atom is 0.221 e. The van der Waals surface area contributed by atoms with Crippen molar-refractivity contribution in [2.45, 2.75) is 13.3 Å². The molecule has 4 heteroatoms. The van der Waals surface area contributed by atoms with E-state index in [1.165, 1.54) is 0 Å². The summed E-state index contributed by atoms with van der Waals surface area (Å²) >= 11 is 0. The summed E-state index contributed by atoms with van der Waals surface area (Å²) in [7, 11) is 0. The minimum absolute atomic E-state index is 0.0551. The van der Waals surface area contributed by atoms with Crippen LogP contribution in [-0.4, -0.2) is 19.0 Å². The molecular formula is C11H17N3O. The van der Waals surface area contributed by atoms with Gasteiger partial charge in [-0.25, -0.2) is 0 Å². The first-order valence-corrected chi connectivity index (χ1v) is 5.09. The van der Waals surface area contributed by atoms with E-state index in [0.29, 0.717) is 25.2 Å². The van der Waals surface area contributed by atoms with Gasteiger partial charge >= 0.3 is 0 Å². The zero-order valence-electron chi connectivity index (χ0n) is 8.92. The Balaban J connectivity index is 2.32. The van der Waals surface area contributed by atoms with Crippen LogP contribution >= 0.6 is 0 Å². The van der Waals surface area contributed by atoms with Gasteiger partial charge in [-0.15, -0.1) is 0 Å². The summed E-state index contributed by atoms with van der Waals surface area (Å²) in [5, 5.41) is 5.85. The SMILES string of the molecule is CCNC(=O)CCNc1ccccc1N. The third kappa shape index (κ3) is 3.89. The van der Waals surface area contributed by atoms with Gasteiger partial charge in [-0.05, 0) is 19.1 Å². The minimum atomic E-state index is 0.0551. The zero-order valence-corrected chi connectivity index (χ0v) is 8.92. The normalized spacial score (nSPS) is 9.67. The maximum absolute atomic E-state index is 11.1. The Morgan fingerprint density at radius 3 is 2.80 bits per heavy atom. The predicted molar refractivity (Wildman–Crippen MR) is 62.6 cm³/mol. The molecule has 0 spiro atoms. The number of hydrogen-bond acceptors (Lipinski definition) is 3. The molecule has 1 aromatic rings. The van der Waals surface area contributed by atoms with Crippen molar-refractivity contribution >= 4 is 17.3 Å². The molecule has 0 radical (unpaired) electrons. The Hall–Kier alpha value is -1.71. The number of nitrogens with one attached hydrogen (secondary N) is 2. The molecule has 4 nitrogen and oxygen atoms in total. The molecule has 0 atom stereocenters. The first kappa shape index (κ1) is 11.4. The highest BCUT2D eigenvalue weighted by molar-refractivity contribution is 5.76. The van der Waals surface area contributed by atoms with Crippen LogP contribution in [0.2, 0.25) is 0 Å². The maximum atomic E-state index is 11.1. The Bertz CT molecular complexity index is 325. The summed E-state index contributed by atoms with van der Waals surface area (Å²) in [6.45, 7) is 3.17. The van der Waals surface area contributed by atoms with Gasteiger partial charge in [0.25, 0.3) is 0 Å². The van der Waals surface area contributed by atoms with Gasteiger partial charge in [0.15, 0.2) is 0 Å². The molecule has 4 N–H and O–H groups in total. The molecule has 0 saturated carbocycles. The van der Waals surface area contributed by atoms with Crippen molar-refractivity contribution in [2.75, 3.05) is 24.1 Å². The number of nitrogen functional groups attached to an aromatic ring is 1. The van der Waals surface area contributed by atoms with Crippen LogP contribution in [0.1, 0.15) is 13.3 Å². The van der Waals surface area contributed by atoms with Crippen molar-refractivity contribution in [1.29, 1.82) is 0 Å². The average molecular weight is 207 g/mol. The first-order chi connectivity index (χ1) is 7.24. The Morgan fingerprint density at radius 2 is 2.13 bits per heavy atom. The van der Waals surface area contributed by atoms with E-state index in [9.17, 15) is 4.79 Å². The van der Waals surface area contributed by atoms with Crippen LogP contribution < -0.4 is 16.4 Å². The van der Waals surface area contributed by atoms with Crippen LogP contribution in [0.25, 0.3) is 0 Å². The summed E-state index contributed by atoms with van der Waals surface area (Å²) in [6, 6.07) is 7.51. The standard InChI is InChI=1S/C11H17N3O/c1-2-13-11(15)7-8-14-10-6-4-3-5-9(10)12/h3-6,14H,2,7-8,12H2,1H3,(H,13,15). The van der Waals surface area contributed by atoms with E-state index in [2.05, 4.69) is 10.6 Å². The third-order valence-corrected chi connectivity index (χ3v) is 2.00. The molecule has 0 aliphatic heterocycles. The Morgan fingerprint density at radius 1 is 1.40 bits per heavy atom. The average Bonchev–Trinajstić information content (AvgIpc) is 2.21. The van der Waals surface area contributed by atoms with E-state index in [1.807, 2.05) is 31.2 Å². The van der Waals surface area contributed by atoms with Crippen molar-refractivity contribution in [1.82, 2.24) is 5.32 Å². The van der Waals surface area contributed by atoms with E-state index >= 15 is 0 Å². The van der Waals surface area contributed by atoms with Gasteiger partial charge in [0.05, 0.1) is 11.4 Å². The van der Waals surface area contributed by atoms with E-state index in [-0.39, 0.29) is 5.91 Å². The highest BCUT2D eigenvalue weighted by Crippen LogP contribution is 2.16. The Kier molecular flexibility index (Phi) is 4.47.